The first-order valence-corrected chi connectivity index (χ1v) is 7.19. The van der Waals surface area contributed by atoms with Crippen LogP contribution in [0.1, 0.15) is 21.6 Å². The van der Waals surface area contributed by atoms with Crippen molar-refractivity contribution in [3.05, 3.63) is 59.3 Å². The van der Waals surface area contributed by atoms with Crippen LogP contribution in [0.25, 0.3) is 10.9 Å². The van der Waals surface area contributed by atoms with Crippen LogP contribution in [0.5, 0.6) is 0 Å². The number of hydrogen-bond acceptors (Lipinski definition) is 4. The number of ether oxygens (including phenoxy) is 1. The van der Waals surface area contributed by atoms with Crippen molar-refractivity contribution in [2.75, 3.05) is 12.4 Å². The third-order valence-corrected chi connectivity index (χ3v) is 3.56. The maximum atomic E-state index is 11.2. The van der Waals surface area contributed by atoms with Crippen molar-refractivity contribution in [2.24, 2.45) is 0 Å². The molecule has 0 fully saturated rings. The van der Waals surface area contributed by atoms with Crippen LogP contribution in [0.15, 0.2) is 42.5 Å². The number of aromatic nitrogens is 2. The van der Waals surface area contributed by atoms with Gasteiger partial charge in [0.1, 0.15) is 0 Å². The smallest absolute Gasteiger partial charge is 0.357 e. The van der Waals surface area contributed by atoms with Gasteiger partial charge in [0.25, 0.3) is 0 Å². The Kier molecular flexibility index (Phi) is 4.25. The molecule has 0 saturated carbocycles. The summed E-state index contributed by atoms with van der Waals surface area (Å²) in [6.07, 6.45) is 0. The Morgan fingerprint density at radius 2 is 2.09 bits per heavy atom. The summed E-state index contributed by atoms with van der Waals surface area (Å²) in [5, 5.41) is 19.6. The Hall–Kier alpha value is -2.86. The van der Waals surface area contributed by atoms with Crippen LogP contribution in [0.4, 0.5) is 5.69 Å². The molecule has 0 saturated heterocycles. The van der Waals surface area contributed by atoms with Crippen LogP contribution < -0.4 is 5.32 Å². The number of benzene rings is 2. The number of rotatable bonds is 6. The fraction of sp³-hybridized carbons (Fsp3) is 0.176. The number of aromatic carboxylic acids is 1. The summed E-state index contributed by atoms with van der Waals surface area (Å²) in [6.45, 7) is 1.22. The molecule has 0 spiro atoms. The highest BCUT2D eigenvalue weighted by Crippen LogP contribution is 2.21. The first-order chi connectivity index (χ1) is 11.2. The monoisotopic (exact) mass is 311 g/mol. The summed E-state index contributed by atoms with van der Waals surface area (Å²) in [5.74, 6) is -1.04. The highest BCUT2D eigenvalue weighted by Gasteiger charge is 2.12. The van der Waals surface area contributed by atoms with Gasteiger partial charge >= 0.3 is 5.97 Å². The van der Waals surface area contributed by atoms with Crippen LogP contribution in [-0.4, -0.2) is 28.4 Å². The molecule has 3 N–H and O–H groups in total. The lowest BCUT2D eigenvalue weighted by Gasteiger charge is -2.08. The molecular weight excluding hydrogens is 294 g/mol. The number of fused-ring (bicyclic) bond motifs is 1. The minimum atomic E-state index is -1.04. The highest BCUT2D eigenvalue weighted by atomic mass is 16.5. The third-order valence-electron chi connectivity index (χ3n) is 3.56. The molecule has 118 valence electrons. The lowest BCUT2D eigenvalue weighted by atomic mass is 10.1. The summed E-state index contributed by atoms with van der Waals surface area (Å²) >= 11 is 0. The maximum absolute atomic E-state index is 11.2. The molecule has 3 aromatic rings. The number of carboxylic acids is 1. The molecule has 0 aliphatic carbocycles. The van der Waals surface area contributed by atoms with E-state index in [1.807, 2.05) is 30.3 Å². The topological polar surface area (TPSA) is 87.2 Å². The number of carbonyl (C=O) groups is 1. The fourth-order valence-corrected chi connectivity index (χ4v) is 2.49. The van der Waals surface area contributed by atoms with Crippen LogP contribution in [0.3, 0.4) is 0 Å². The predicted molar refractivity (Wildman–Crippen MR) is 87.5 cm³/mol. The summed E-state index contributed by atoms with van der Waals surface area (Å²) in [4.78, 5) is 11.2. The molecule has 1 aromatic heterocycles. The second-order valence-electron chi connectivity index (χ2n) is 5.24. The molecule has 0 bridgehead atoms. The number of H-pyrrole nitrogens is 1. The van der Waals surface area contributed by atoms with Crippen molar-refractivity contribution < 1.29 is 14.6 Å². The summed E-state index contributed by atoms with van der Waals surface area (Å²) in [6, 6.07) is 13.6. The van der Waals surface area contributed by atoms with Crippen molar-refractivity contribution in [1.29, 1.82) is 0 Å². The van der Waals surface area contributed by atoms with Gasteiger partial charge in [0.2, 0.25) is 0 Å². The van der Waals surface area contributed by atoms with Gasteiger partial charge < -0.3 is 15.2 Å². The Morgan fingerprint density at radius 3 is 2.87 bits per heavy atom. The van der Waals surface area contributed by atoms with E-state index in [1.165, 1.54) is 0 Å². The zero-order valence-electron chi connectivity index (χ0n) is 12.7. The lowest BCUT2D eigenvalue weighted by molar-refractivity contribution is 0.0692. The molecule has 0 aliphatic heterocycles. The molecule has 2 aromatic carbocycles. The molecule has 23 heavy (non-hydrogen) atoms. The second kappa shape index (κ2) is 6.50. The molecule has 0 atom stereocenters. The second-order valence-corrected chi connectivity index (χ2v) is 5.24. The molecule has 1 heterocycles. The zero-order chi connectivity index (χ0) is 16.2. The molecule has 0 radical (unpaired) electrons. The molecule has 0 amide bonds. The Morgan fingerprint density at radius 1 is 1.26 bits per heavy atom. The Balaban J connectivity index is 1.77. The fourth-order valence-electron chi connectivity index (χ4n) is 2.49. The number of methoxy groups -OCH3 is 1. The Bertz CT molecular complexity index is 842. The molecule has 0 unspecified atom stereocenters. The predicted octanol–water partition coefficient (Wildman–Crippen LogP) is 3.02. The summed E-state index contributed by atoms with van der Waals surface area (Å²) in [7, 11) is 1.67. The van der Waals surface area contributed by atoms with Gasteiger partial charge in [-0.15, -0.1) is 0 Å². The molecule has 6 heteroatoms. The van der Waals surface area contributed by atoms with E-state index in [0.717, 1.165) is 16.8 Å². The van der Waals surface area contributed by atoms with Gasteiger partial charge in [-0.3, -0.25) is 5.10 Å². The zero-order valence-corrected chi connectivity index (χ0v) is 12.7. The number of nitrogens with zero attached hydrogens (tertiary/aromatic N) is 1. The van der Waals surface area contributed by atoms with Gasteiger partial charge in [-0.25, -0.2) is 4.79 Å². The van der Waals surface area contributed by atoms with Crippen molar-refractivity contribution >= 4 is 22.6 Å². The van der Waals surface area contributed by atoms with Crippen LogP contribution in [0.2, 0.25) is 0 Å². The first-order valence-electron chi connectivity index (χ1n) is 7.19. The number of carboxylic acid groups (broad SMARTS) is 1. The average molecular weight is 311 g/mol. The van der Waals surface area contributed by atoms with Crippen molar-refractivity contribution in [2.45, 2.75) is 13.2 Å². The molecule has 3 rings (SSSR count). The molecular formula is C17H17N3O3. The lowest BCUT2D eigenvalue weighted by Crippen LogP contribution is -2.01. The van der Waals surface area contributed by atoms with E-state index in [9.17, 15) is 4.79 Å². The number of hydrogen-bond donors (Lipinski definition) is 3. The first kappa shape index (κ1) is 15.1. The van der Waals surface area contributed by atoms with Gasteiger partial charge in [-0.2, -0.15) is 5.10 Å². The Labute approximate surface area is 133 Å². The third kappa shape index (κ3) is 3.32. The largest absolute Gasteiger partial charge is 0.476 e. The van der Waals surface area contributed by atoms with Crippen molar-refractivity contribution in [3.8, 4) is 0 Å². The van der Waals surface area contributed by atoms with Gasteiger partial charge in [-0.05, 0) is 29.3 Å². The minimum Gasteiger partial charge on any atom is -0.476 e. The number of nitrogens with one attached hydrogen (secondary N) is 2. The number of aromatic amines is 1. The van der Waals surface area contributed by atoms with E-state index in [2.05, 4.69) is 21.6 Å². The van der Waals surface area contributed by atoms with Crippen molar-refractivity contribution in [3.63, 3.8) is 0 Å². The normalized spacial score (nSPS) is 10.8. The number of anilines is 1. The van der Waals surface area contributed by atoms with Crippen LogP contribution in [0, 0.1) is 0 Å². The van der Waals surface area contributed by atoms with Gasteiger partial charge in [0.05, 0.1) is 12.1 Å². The van der Waals surface area contributed by atoms with Crippen LogP contribution in [-0.2, 0) is 17.9 Å². The quantitative estimate of drug-likeness (QED) is 0.651. The average Bonchev–Trinajstić information content (AvgIpc) is 2.97. The van der Waals surface area contributed by atoms with Gasteiger partial charge in [-0.1, -0.05) is 24.3 Å². The molecule has 0 aliphatic rings. The van der Waals surface area contributed by atoms with E-state index < -0.39 is 5.97 Å². The van der Waals surface area contributed by atoms with Gasteiger partial charge in [0.15, 0.2) is 5.69 Å². The van der Waals surface area contributed by atoms with E-state index >= 15 is 0 Å². The summed E-state index contributed by atoms with van der Waals surface area (Å²) < 4.78 is 5.13. The molecule has 6 nitrogen and oxygen atoms in total. The maximum Gasteiger partial charge on any atom is 0.357 e. The van der Waals surface area contributed by atoms with E-state index in [0.29, 0.717) is 24.1 Å². The van der Waals surface area contributed by atoms with E-state index in [-0.39, 0.29) is 5.69 Å². The summed E-state index contributed by atoms with van der Waals surface area (Å²) in [5.41, 5.74) is 3.83. The van der Waals surface area contributed by atoms with E-state index in [4.69, 9.17) is 9.84 Å². The minimum absolute atomic E-state index is 0.0331. The highest BCUT2D eigenvalue weighted by molar-refractivity contribution is 6.01. The van der Waals surface area contributed by atoms with Gasteiger partial charge in [0, 0.05) is 24.7 Å². The van der Waals surface area contributed by atoms with E-state index in [1.54, 1.807) is 13.2 Å². The SMILES string of the molecule is COCc1cccc(CNc2ccc3[nH]nc(C(=O)O)c3c2)c1. The standard InChI is InChI=1S/C17H17N3O3/c1-23-10-12-4-2-3-11(7-12)9-18-13-5-6-15-14(8-13)16(17(21)22)20-19-15/h2-8,18H,9-10H2,1H3,(H,19,20)(H,21,22). The van der Waals surface area contributed by atoms with Crippen molar-refractivity contribution in [1.82, 2.24) is 10.2 Å². The van der Waals surface area contributed by atoms with Crippen LogP contribution >= 0.6 is 0 Å².